The molecular formula is C14H9F3N6O. The predicted octanol–water partition coefficient (Wildman–Crippen LogP) is 4.36. The number of azide groups is 1. The van der Waals surface area contributed by atoms with E-state index in [0.29, 0.717) is 5.56 Å². The molecule has 0 aliphatic rings. The molecule has 0 aliphatic carbocycles. The van der Waals surface area contributed by atoms with Crippen LogP contribution in [0.15, 0.2) is 52.3 Å². The van der Waals surface area contributed by atoms with E-state index in [4.69, 9.17) is 9.95 Å². The number of hydrogen-bond acceptors (Lipinski definition) is 4. The molecule has 0 aliphatic heterocycles. The van der Waals surface area contributed by atoms with Crippen LogP contribution in [0.5, 0.6) is 0 Å². The van der Waals surface area contributed by atoms with Gasteiger partial charge in [-0.25, -0.2) is 9.67 Å². The van der Waals surface area contributed by atoms with Gasteiger partial charge in [-0.05, 0) is 35.4 Å². The predicted molar refractivity (Wildman–Crippen MR) is 76.9 cm³/mol. The van der Waals surface area contributed by atoms with Gasteiger partial charge in [-0.2, -0.15) is 18.3 Å². The highest BCUT2D eigenvalue weighted by molar-refractivity contribution is 5.56. The fourth-order valence-electron chi connectivity index (χ4n) is 2.08. The molecule has 0 fully saturated rings. The van der Waals surface area contributed by atoms with Crippen LogP contribution < -0.4 is 0 Å². The monoisotopic (exact) mass is 334 g/mol. The fraction of sp³-hybridized carbons (Fsp3) is 0.143. The average Bonchev–Trinajstić information content (AvgIpc) is 3.21. The minimum absolute atomic E-state index is 0.0511. The van der Waals surface area contributed by atoms with Crippen molar-refractivity contribution in [3.05, 3.63) is 64.5 Å². The Morgan fingerprint density at radius 1 is 1.29 bits per heavy atom. The Labute approximate surface area is 133 Å². The summed E-state index contributed by atoms with van der Waals surface area (Å²) in [5.74, 6) is 0.378. The van der Waals surface area contributed by atoms with Crippen molar-refractivity contribution in [1.29, 1.82) is 0 Å². The van der Waals surface area contributed by atoms with Gasteiger partial charge in [0.05, 0.1) is 12.8 Å². The average molecular weight is 334 g/mol. The molecule has 0 bridgehead atoms. The van der Waals surface area contributed by atoms with Crippen LogP contribution in [0.3, 0.4) is 0 Å². The molecule has 0 aromatic carbocycles. The first-order valence-corrected chi connectivity index (χ1v) is 6.66. The van der Waals surface area contributed by atoms with E-state index in [1.165, 1.54) is 24.6 Å². The first-order chi connectivity index (χ1) is 11.5. The van der Waals surface area contributed by atoms with E-state index in [0.717, 1.165) is 10.7 Å². The van der Waals surface area contributed by atoms with Crippen LogP contribution in [-0.4, -0.2) is 14.8 Å². The van der Waals surface area contributed by atoms with Crippen molar-refractivity contribution in [2.24, 2.45) is 5.11 Å². The zero-order valence-electron chi connectivity index (χ0n) is 12.0. The van der Waals surface area contributed by atoms with Crippen molar-refractivity contribution >= 4 is 0 Å². The van der Waals surface area contributed by atoms with Gasteiger partial charge < -0.3 is 4.42 Å². The van der Waals surface area contributed by atoms with Gasteiger partial charge in [0.1, 0.15) is 5.69 Å². The molecule has 24 heavy (non-hydrogen) atoms. The minimum atomic E-state index is -4.60. The SMILES string of the molecule is [N-]=[N+]=NCc1ccnc(-n2nc(C(F)(F)F)cc2-c2ccco2)c1. The molecule has 122 valence electrons. The van der Waals surface area contributed by atoms with Crippen LogP contribution in [0.4, 0.5) is 13.2 Å². The number of pyridine rings is 1. The summed E-state index contributed by atoms with van der Waals surface area (Å²) in [6.45, 7) is 0.0511. The Morgan fingerprint density at radius 2 is 2.12 bits per heavy atom. The van der Waals surface area contributed by atoms with Crippen molar-refractivity contribution in [2.45, 2.75) is 12.7 Å². The summed E-state index contributed by atoms with van der Waals surface area (Å²) in [7, 11) is 0. The molecule has 3 rings (SSSR count). The van der Waals surface area contributed by atoms with Crippen LogP contribution >= 0.6 is 0 Å². The maximum absolute atomic E-state index is 13.0. The minimum Gasteiger partial charge on any atom is -0.463 e. The molecule has 3 aromatic heterocycles. The second kappa shape index (κ2) is 6.09. The molecule has 7 nitrogen and oxygen atoms in total. The lowest BCUT2D eigenvalue weighted by Crippen LogP contribution is -2.08. The molecule has 3 heterocycles. The van der Waals surface area contributed by atoms with Crippen LogP contribution in [0, 0.1) is 0 Å². The summed E-state index contributed by atoms with van der Waals surface area (Å²) in [6.07, 6.45) is -1.85. The lowest BCUT2D eigenvalue weighted by molar-refractivity contribution is -0.141. The van der Waals surface area contributed by atoms with Crippen molar-refractivity contribution in [3.63, 3.8) is 0 Å². The Kier molecular flexibility index (Phi) is 3.97. The first kappa shape index (κ1) is 15.6. The molecule has 0 unspecified atom stereocenters. The normalized spacial score (nSPS) is 11.3. The highest BCUT2D eigenvalue weighted by Gasteiger charge is 2.35. The Bertz CT molecular complexity index is 894. The van der Waals surface area contributed by atoms with Gasteiger partial charge in [-0.1, -0.05) is 5.11 Å². The Balaban J connectivity index is 2.13. The van der Waals surface area contributed by atoms with E-state index in [9.17, 15) is 13.2 Å². The number of nitrogens with zero attached hydrogens (tertiary/aromatic N) is 6. The van der Waals surface area contributed by atoms with Gasteiger partial charge in [-0.15, -0.1) is 0 Å². The summed E-state index contributed by atoms with van der Waals surface area (Å²) < 4.78 is 45.2. The summed E-state index contributed by atoms with van der Waals surface area (Å²) >= 11 is 0. The highest BCUT2D eigenvalue weighted by Crippen LogP contribution is 2.33. The summed E-state index contributed by atoms with van der Waals surface area (Å²) in [4.78, 5) is 6.69. The molecule has 0 saturated carbocycles. The highest BCUT2D eigenvalue weighted by atomic mass is 19.4. The Morgan fingerprint density at radius 3 is 2.79 bits per heavy atom. The van der Waals surface area contributed by atoms with Gasteiger partial charge >= 0.3 is 6.18 Å². The quantitative estimate of drug-likeness (QED) is 0.403. The number of rotatable bonds is 4. The van der Waals surface area contributed by atoms with E-state index in [-0.39, 0.29) is 23.8 Å². The van der Waals surface area contributed by atoms with Crippen molar-refractivity contribution in [3.8, 4) is 17.3 Å². The molecular weight excluding hydrogens is 325 g/mol. The molecule has 0 radical (unpaired) electrons. The van der Waals surface area contributed by atoms with Gasteiger partial charge in [0.25, 0.3) is 0 Å². The number of alkyl halides is 3. The van der Waals surface area contributed by atoms with Crippen LogP contribution in [0.25, 0.3) is 27.7 Å². The first-order valence-electron chi connectivity index (χ1n) is 6.66. The molecule has 0 saturated heterocycles. The second-order valence-electron chi connectivity index (χ2n) is 4.71. The fourth-order valence-corrected chi connectivity index (χ4v) is 2.08. The lowest BCUT2D eigenvalue weighted by atomic mass is 10.2. The van der Waals surface area contributed by atoms with Crippen molar-refractivity contribution < 1.29 is 17.6 Å². The van der Waals surface area contributed by atoms with Gasteiger partial charge in [0.2, 0.25) is 0 Å². The summed E-state index contributed by atoms with van der Waals surface area (Å²) in [5.41, 5.74) is 8.01. The molecule has 0 atom stereocenters. The molecule has 3 aromatic rings. The summed E-state index contributed by atoms with van der Waals surface area (Å²) in [6, 6.07) is 7.07. The maximum atomic E-state index is 13.0. The third-order valence-corrected chi connectivity index (χ3v) is 3.12. The van der Waals surface area contributed by atoms with E-state index in [1.807, 2.05) is 0 Å². The second-order valence-corrected chi connectivity index (χ2v) is 4.71. The van der Waals surface area contributed by atoms with Gasteiger partial charge in [0.15, 0.2) is 17.3 Å². The van der Waals surface area contributed by atoms with E-state index in [2.05, 4.69) is 20.1 Å². The van der Waals surface area contributed by atoms with Crippen LogP contribution in [-0.2, 0) is 12.7 Å². The molecule has 0 amide bonds. The third kappa shape index (κ3) is 3.08. The summed E-state index contributed by atoms with van der Waals surface area (Å²) in [5, 5.41) is 7.01. The lowest BCUT2D eigenvalue weighted by Gasteiger charge is -2.06. The van der Waals surface area contributed by atoms with E-state index < -0.39 is 11.9 Å². The molecule has 10 heteroatoms. The zero-order valence-corrected chi connectivity index (χ0v) is 12.0. The van der Waals surface area contributed by atoms with Gasteiger partial charge in [0, 0.05) is 17.2 Å². The van der Waals surface area contributed by atoms with Crippen molar-refractivity contribution in [2.75, 3.05) is 0 Å². The number of hydrogen-bond donors (Lipinski definition) is 0. The number of aromatic nitrogens is 3. The largest absolute Gasteiger partial charge is 0.463 e. The van der Waals surface area contributed by atoms with E-state index >= 15 is 0 Å². The smallest absolute Gasteiger partial charge is 0.435 e. The zero-order chi connectivity index (χ0) is 17.2. The van der Waals surface area contributed by atoms with E-state index in [1.54, 1.807) is 12.1 Å². The maximum Gasteiger partial charge on any atom is 0.435 e. The standard InChI is InChI=1S/C14H9F3N6O/c15-14(16,17)12-7-10(11-2-1-5-24-11)23(21-12)13-6-9(3-4-19-13)8-20-22-18/h1-7H,8H2. The van der Waals surface area contributed by atoms with Crippen LogP contribution in [0.1, 0.15) is 11.3 Å². The number of halogens is 3. The molecule has 0 spiro atoms. The topological polar surface area (TPSA) is 92.6 Å². The molecule has 0 N–H and O–H groups in total. The third-order valence-electron chi connectivity index (χ3n) is 3.12. The van der Waals surface area contributed by atoms with Crippen LogP contribution in [0.2, 0.25) is 0 Å². The van der Waals surface area contributed by atoms with Gasteiger partial charge in [-0.3, -0.25) is 0 Å². The number of furan rings is 1. The Hall–Kier alpha value is -3.26. The van der Waals surface area contributed by atoms with Crippen molar-refractivity contribution in [1.82, 2.24) is 14.8 Å².